The van der Waals surface area contributed by atoms with E-state index in [1.54, 1.807) is 12.1 Å². The third-order valence-electron chi connectivity index (χ3n) is 5.58. The van der Waals surface area contributed by atoms with Crippen LogP contribution in [0.15, 0.2) is 45.8 Å². The average molecular weight is 517 g/mol. The molecule has 1 aliphatic rings. The Morgan fingerprint density at radius 3 is 2.35 bits per heavy atom. The van der Waals surface area contributed by atoms with Gasteiger partial charge in [0.25, 0.3) is 0 Å². The zero-order valence-corrected chi connectivity index (χ0v) is 19.9. The van der Waals surface area contributed by atoms with E-state index >= 15 is 0 Å². The summed E-state index contributed by atoms with van der Waals surface area (Å²) in [5, 5.41) is 12.7. The Balaban J connectivity index is 1.91. The second-order valence-corrected chi connectivity index (χ2v) is 10.8. The molecule has 0 bridgehead atoms. The number of sulfonamides is 1. The van der Waals surface area contributed by atoms with Crippen LogP contribution in [0.25, 0.3) is 0 Å². The Morgan fingerprint density at radius 1 is 1.16 bits per heavy atom. The van der Waals surface area contributed by atoms with Crippen LogP contribution in [-0.2, 0) is 15.6 Å². The van der Waals surface area contributed by atoms with E-state index in [1.165, 1.54) is 18.2 Å². The van der Waals surface area contributed by atoms with E-state index in [4.69, 9.17) is 0 Å². The molecule has 0 heterocycles. The maximum atomic E-state index is 13.7. The van der Waals surface area contributed by atoms with Crippen molar-refractivity contribution in [1.29, 1.82) is 0 Å². The molecule has 1 fully saturated rings. The Bertz CT molecular complexity index is 1020. The molecule has 0 amide bonds. The molecule has 2 atom stereocenters. The number of aliphatic hydroxyl groups excluding tert-OH is 1. The van der Waals surface area contributed by atoms with Gasteiger partial charge in [-0.1, -0.05) is 29.8 Å². The molecule has 3 N–H and O–H groups in total. The lowest BCUT2D eigenvalue weighted by Gasteiger charge is -2.24. The van der Waals surface area contributed by atoms with E-state index in [0.717, 1.165) is 12.5 Å². The lowest BCUT2D eigenvalue weighted by molar-refractivity contribution is 0.224. The van der Waals surface area contributed by atoms with Gasteiger partial charge in [0.1, 0.15) is 16.5 Å². The summed E-state index contributed by atoms with van der Waals surface area (Å²) in [6, 6.07) is 7.91. The smallest absolute Gasteiger partial charge is 0.243 e. The van der Waals surface area contributed by atoms with Crippen molar-refractivity contribution in [3.63, 3.8) is 0 Å². The van der Waals surface area contributed by atoms with Crippen LogP contribution in [0, 0.1) is 17.6 Å². The van der Waals surface area contributed by atoms with E-state index in [9.17, 15) is 22.3 Å². The lowest BCUT2D eigenvalue weighted by Crippen LogP contribution is -2.35. The van der Waals surface area contributed by atoms with Crippen LogP contribution in [0.1, 0.15) is 45.1 Å². The SMILES string of the molecule is CCC(CC(C)CO)Nc1cc(Br)ccc1S(=O)(=O)NC1(c2cc(F)cc(F)c2)CC1. The standard InChI is InChI=1S/C22H27BrF2N2O3S/c1-3-19(8-14(2)13-28)26-20-11-16(23)4-5-21(20)31(29,30)27-22(6-7-22)15-9-17(24)12-18(25)10-15/h4-5,9-12,14,19,26-28H,3,6-8,13H2,1-2H3. The highest BCUT2D eigenvalue weighted by atomic mass is 79.9. The zero-order valence-electron chi connectivity index (χ0n) is 17.5. The molecule has 0 spiro atoms. The van der Waals surface area contributed by atoms with Gasteiger partial charge in [-0.15, -0.1) is 0 Å². The number of halogens is 3. The van der Waals surface area contributed by atoms with Crippen molar-refractivity contribution in [3.05, 3.63) is 58.1 Å². The number of hydrogen-bond donors (Lipinski definition) is 3. The Morgan fingerprint density at radius 2 is 1.81 bits per heavy atom. The molecule has 1 aliphatic carbocycles. The van der Waals surface area contributed by atoms with E-state index in [0.29, 0.717) is 29.4 Å². The molecule has 0 aliphatic heterocycles. The van der Waals surface area contributed by atoms with Crippen LogP contribution in [0.3, 0.4) is 0 Å². The number of hydrogen-bond acceptors (Lipinski definition) is 4. The van der Waals surface area contributed by atoms with Crippen molar-refractivity contribution in [2.45, 2.75) is 56.0 Å². The molecular weight excluding hydrogens is 490 g/mol. The van der Waals surface area contributed by atoms with Gasteiger partial charge in [-0.3, -0.25) is 0 Å². The van der Waals surface area contributed by atoms with Crippen LogP contribution >= 0.6 is 15.9 Å². The second-order valence-electron chi connectivity index (χ2n) is 8.26. The molecule has 2 unspecified atom stereocenters. The van der Waals surface area contributed by atoms with Crippen molar-refractivity contribution in [1.82, 2.24) is 4.72 Å². The Hall–Kier alpha value is -1.55. The summed E-state index contributed by atoms with van der Waals surface area (Å²) in [5.74, 6) is -1.41. The number of benzene rings is 2. The van der Waals surface area contributed by atoms with Gasteiger partial charge in [-0.2, -0.15) is 0 Å². The number of rotatable bonds is 10. The van der Waals surface area contributed by atoms with Crippen LogP contribution < -0.4 is 10.0 Å². The zero-order chi connectivity index (χ0) is 22.8. The predicted octanol–water partition coefficient (Wildman–Crippen LogP) is 4.90. The fraction of sp³-hybridized carbons (Fsp3) is 0.455. The number of nitrogens with one attached hydrogen (secondary N) is 2. The summed E-state index contributed by atoms with van der Waals surface area (Å²) in [7, 11) is -3.99. The molecule has 5 nitrogen and oxygen atoms in total. The van der Waals surface area contributed by atoms with Gasteiger partial charge in [-0.25, -0.2) is 21.9 Å². The number of aliphatic hydroxyl groups is 1. The molecule has 1 saturated carbocycles. The van der Waals surface area contributed by atoms with Crippen molar-refractivity contribution >= 4 is 31.6 Å². The minimum absolute atomic E-state index is 0.0300. The topological polar surface area (TPSA) is 78.4 Å². The lowest BCUT2D eigenvalue weighted by atomic mass is 10.0. The highest BCUT2D eigenvalue weighted by Crippen LogP contribution is 2.47. The van der Waals surface area contributed by atoms with E-state index in [-0.39, 0.29) is 29.0 Å². The Labute approximate surface area is 190 Å². The van der Waals surface area contributed by atoms with Crippen LogP contribution in [0.2, 0.25) is 0 Å². The van der Waals surface area contributed by atoms with E-state index < -0.39 is 27.2 Å². The molecule has 9 heteroatoms. The van der Waals surface area contributed by atoms with Gasteiger partial charge >= 0.3 is 0 Å². The fourth-order valence-corrected chi connectivity index (χ4v) is 5.64. The van der Waals surface area contributed by atoms with Crippen LogP contribution in [-0.4, -0.2) is 26.2 Å². The second kappa shape index (κ2) is 9.52. The third kappa shape index (κ3) is 5.83. The summed E-state index contributed by atoms with van der Waals surface area (Å²) < 4.78 is 57.5. The van der Waals surface area contributed by atoms with Crippen molar-refractivity contribution < 1.29 is 22.3 Å². The first-order valence-corrected chi connectivity index (χ1v) is 12.5. The first-order valence-electron chi connectivity index (χ1n) is 10.3. The normalized spacial score (nSPS) is 17.2. The minimum atomic E-state index is -3.99. The van der Waals surface area contributed by atoms with E-state index in [2.05, 4.69) is 26.0 Å². The minimum Gasteiger partial charge on any atom is -0.396 e. The molecule has 2 aromatic rings. The molecule has 170 valence electrons. The van der Waals surface area contributed by atoms with Gasteiger partial charge < -0.3 is 10.4 Å². The Kier molecular flexibility index (Phi) is 7.40. The first kappa shape index (κ1) is 24.1. The summed E-state index contributed by atoms with van der Waals surface area (Å²) in [6.07, 6.45) is 2.34. The van der Waals surface area contributed by atoms with Crippen LogP contribution in [0.4, 0.5) is 14.5 Å². The fourth-order valence-electron chi connectivity index (χ4n) is 3.67. The average Bonchev–Trinajstić information content (AvgIpc) is 3.46. The van der Waals surface area contributed by atoms with Gasteiger partial charge in [0.2, 0.25) is 10.0 Å². The largest absolute Gasteiger partial charge is 0.396 e. The third-order valence-corrected chi connectivity index (χ3v) is 7.66. The molecular formula is C22H27BrF2N2O3S. The predicted molar refractivity (Wildman–Crippen MR) is 120 cm³/mol. The molecule has 31 heavy (non-hydrogen) atoms. The van der Waals surface area contributed by atoms with Gasteiger partial charge in [0, 0.05) is 23.2 Å². The molecule has 2 aromatic carbocycles. The number of anilines is 1. The summed E-state index contributed by atoms with van der Waals surface area (Å²) >= 11 is 3.39. The molecule has 0 radical (unpaired) electrons. The summed E-state index contributed by atoms with van der Waals surface area (Å²) in [4.78, 5) is 0.0638. The van der Waals surface area contributed by atoms with Gasteiger partial charge in [0.15, 0.2) is 0 Å². The monoisotopic (exact) mass is 516 g/mol. The van der Waals surface area contributed by atoms with Crippen molar-refractivity contribution in [2.24, 2.45) is 5.92 Å². The highest BCUT2D eigenvalue weighted by molar-refractivity contribution is 9.10. The molecule has 3 rings (SSSR count). The van der Waals surface area contributed by atoms with Gasteiger partial charge in [0.05, 0.1) is 11.2 Å². The van der Waals surface area contributed by atoms with Crippen molar-refractivity contribution in [2.75, 3.05) is 11.9 Å². The highest BCUT2D eigenvalue weighted by Gasteiger charge is 2.48. The summed E-state index contributed by atoms with van der Waals surface area (Å²) in [6.45, 7) is 3.97. The quantitative estimate of drug-likeness (QED) is 0.419. The first-order chi connectivity index (χ1) is 14.6. The van der Waals surface area contributed by atoms with E-state index in [1.807, 2.05) is 13.8 Å². The summed E-state index contributed by atoms with van der Waals surface area (Å²) in [5.41, 5.74) is -0.301. The van der Waals surface area contributed by atoms with Crippen LogP contribution in [0.5, 0.6) is 0 Å². The molecule has 0 aromatic heterocycles. The van der Waals surface area contributed by atoms with Gasteiger partial charge in [-0.05, 0) is 67.5 Å². The van der Waals surface area contributed by atoms with Crippen molar-refractivity contribution in [3.8, 4) is 0 Å². The maximum Gasteiger partial charge on any atom is 0.243 e. The maximum absolute atomic E-state index is 13.7. The molecule has 0 saturated heterocycles.